The van der Waals surface area contributed by atoms with Gasteiger partial charge in [-0.25, -0.2) is 14.6 Å². The normalized spacial score (nSPS) is 16.1. The first-order chi connectivity index (χ1) is 12.0. The molecule has 1 aliphatic rings. The van der Waals surface area contributed by atoms with Crippen LogP contribution in [0, 0.1) is 0 Å². The minimum atomic E-state index is -1.07. The highest BCUT2D eigenvalue weighted by Crippen LogP contribution is 2.30. The number of hydrogen-bond donors (Lipinski definition) is 3. The number of nitrogens with one attached hydrogen (secondary N) is 2. The van der Waals surface area contributed by atoms with Crippen molar-refractivity contribution in [2.75, 3.05) is 19.5 Å². The molecule has 2 heterocycles. The van der Waals surface area contributed by atoms with E-state index in [-0.39, 0.29) is 13.0 Å². The highest BCUT2D eigenvalue weighted by atomic mass is 16.5. The van der Waals surface area contributed by atoms with E-state index in [9.17, 15) is 14.7 Å². The number of rotatable bonds is 4. The fourth-order valence-electron chi connectivity index (χ4n) is 2.78. The molecule has 3 rings (SSSR count). The summed E-state index contributed by atoms with van der Waals surface area (Å²) in [6.45, 7) is 0.144. The summed E-state index contributed by atoms with van der Waals surface area (Å²) in [6.07, 6.45) is 1.66. The number of anilines is 1. The molecule has 2 amide bonds. The Morgan fingerprint density at radius 2 is 2.08 bits per heavy atom. The van der Waals surface area contributed by atoms with E-state index in [1.807, 2.05) is 0 Å². The number of imidazole rings is 1. The van der Waals surface area contributed by atoms with Crippen molar-refractivity contribution in [3.05, 3.63) is 35.9 Å². The molecule has 9 nitrogen and oxygen atoms in total. The maximum absolute atomic E-state index is 12.6. The van der Waals surface area contributed by atoms with Crippen LogP contribution < -0.4 is 14.8 Å². The Labute approximate surface area is 143 Å². The summed E-state index contributed by atoms with van der Waals surface area (Å²) < 4.78 is 10.4. The first-order valence-electron chi connectivity index (χ1n) is 7.57. The second kappa shape index (κ2) is 6.71. The van der Waals surface area contributed by atoms with Crippen LogP contribution in [0.5, 0.6) is 11.5 Å². The van der Waals surface area contributed by atoms with Gasteiger partial charge in [0, 0.05) is 18.2 Å². The maximum Gasteiger partial charge on any atom is 0.326 e. The Kier molecular flexibility index (Phi) is 4.46. The number of urea groups is 1. The summed E-state index contributed by atoms with van der Waals surface area (Å²) in [4.78, 5) is 32.5. The highest BCUT2D eigenvalue weighted by Gasteiger charge is 2.36. The van der Waals surface area contributed by atoms with Gasteiger partial charge >= 0.3 is 12.0 Å². The second-order valence-corrected chi connectivity index (χ2v) is 5.51. The number of carbonyl (C=O) groups is 2. The van der Waals surface area contributed by atoms with Crippen molar-refractivity contribution < 1.29 is 24.2 Å². The van der Waals surface area contributed by atoms with Crippen molar-refractivity contribution in [2.24, 2.45) is 0 Å². The lowest BCUT2D eigenvalue weighted by Gasteiger charge is -2.32. The molecule has 0 bridgehead atoms. The number of amides is 2. The number of hydrogen-bond acceptors (Lipinski definition) is 5. The van der Waals surface area contributed by atoms with E-state index >= 15 is 0 Å². The van der Waals surface area contributed by atoms with Crippen LogP contribution in [0.25, 0.3) is 0 Å². The van der Waals surface area contributed by atoms with Gasteiger partial charge in [0.2, 0.25) is 0 Å². The molecule has 9 heteroatoms. The fourth-order valence-corrected chi connectivity index (χ4v) is 2.78. The first kappa shape index (κ1) is 16.6. The molecular weight excluding hydrogens is 328 g/mol. The van der Waals surface area contributed by atoms with Gasteiger partial charge in [-0.05, 0) is 12.1 Å². The van der Waals surface area contributed by atoms with E-state index in [1.54, 1.807) is 18.2 Å². The number of H-pyrrole nitrogens is 1. The van der Waals surface area contributed by atoms with Crippen molar-refractivity contribution in [1.29, 1.82) is 0 Å². The van der Waals surface area contributed by atoms with Gasteiger partial charge < -0.3 is 29.8 Å². The highest BCUT2D eigenvalue weighted by molar-refractivity contribution is 5.93. The standard InChI is InChI=1S/C16H18N4O5/c1-24-13-4-3-9(5-14(13)25-2)19-16(23)20-7-11-10(17-8-18-11)6-12(20)15(21)22/h3-5,8,12H,6-7H2,1-2H3,(H,17,18)(H,19,23)(H,21,22). The maximum atomic E-state index is 12.6. The summed E-state index contributed by atoms with van der Waals surface area (Å²) in [5.74, 6) is -0.0790. The van der Waals surface area contributed by atoms with E-state index in [2.05, 4.69) is 15.3 Å². The molecule has 0 saturated heterocycles. The van der Waals surface area contributed by atoms with Crippen LogP contribution in [0.3, 0.4) is 0 Å². The molecule has 132 valence electrons. The van der Waals surface area contributed by atoms with Crippen LogP contribution in [-0.2, 0) is 17.8 Å². The third-order valence-corrected chi connectivity index (χ3v) is 4.08. The molecule has 1 atom stereocenters. The van der Waals surface area contributed by atoms with Crippen LogP contribution in [0.15, 0.2) is 24.5 Å². The Hall–Kier alpha value is -3.23. The molecule has 25 heavy (non-hydrogen) atoms. The van der Waals surface area contributed by atoms with E-state index in [0.717, 1.165) is 5.69 Å². The average Bonchev–Trinajstić information content (AvgIpc) is 3.07. The third-order valence-electron chi connectivity index (χ3n) is 4.08. The lowest BCUT2D eigenvalue weighted by Crippen LogP contribution is -2.50. The lowest BCUT2D eigenvalue weighted by atomic mass is 10.0. The van der Waals surface area contributed by atoms with Gasteiger partial charge in [-0.2, -0.15) is 0 Å². The van der Waals surface area contributed by atoms with Crippen LogP contribution in [-0.4, -0.2) is 52.2 Å². The average molecular weight is 346 g/mol. The number of aromatic nitrogens is 2. The van der Waals surface area contributed by atoms with E-state index in [0.29, 0.717) is 22.9 Å². The number of carbonyl (C=O) groups excluding carboxylic acids is 1. The van der Waals surface area contributed by atoms with Gasteiger partial charge in [-0.15, -0.1) is 0 Å². The smallest absolute Gasteiger partial charge is 0.326 e. The molecule has 0 aliphatic carbocycles. The minimum absolute atomic E-state index is 0.144. The Balaban J connectivity index is 1.81. The fraction of sp³-hybridized carbons (Fsp3) is 0.312. The van der Waals surface area contributed by atoms with Crippen molar-refractivity contribution in [1.82, 2.24) is 14.9 Å². The number of carboxylic acid groups (broad SMARTS) is 1. The third kappa shape index (κ3) is 3.21. The molecule has 1 unspecified atom stereocenters. The first-order valence-corrected chi connectivity index (χ1v) is 7.57. The molecule has 0 saturated carbocycles. The predicted octanol–water partition coefficient (Wildman–Crippen LogP) is 1.47. The van der Waals surface area contributed by atoms with Crippen LogP contribution >= 0.6 is 0 Å². The topological polar surface area (TPSA) is 117 Å². The number of nitrogens with zero attached hydrogens (tertiary/aromatic N) is 2. The zero-order valence-electron chi connectivity index (χ0n) is 13.8. The van der Waals surface area contributed by atoms with Gasteiger partial charge in [-0.1, -0.05) is 0 Å². The molecule has 3 N–H and O–H groups in total. The zero-order valence-corrected chi connectivity index (χ0v) is 13.8. The minimum Gasteiger partial charge on any atom is -0.493 e. The summed E-state index contributed by atoms with van der Waals surface area (Å²) in [5.41, 5.74) is 1.88. The molecule has 1 aromatic heterocycles. The van der Waals surface area contributed by atoms with E-state index < -0.39 is 18.0 Å². The summed E-state index contributed by atoms with van der Waals surface area (Å²) in [7, 11) is 3.01. The predicted molar refractivity (Wildman–Crippen MR) is 87.8 cm³/mol. The number of aliphatic carboxylic acids is 1. The number of ether oxygens (including phenoxy) is 2. The molecular formula is C16H18N4O5. The Morgan fingerprint density at radius 1 is 1.32 bits per heavy atom. The number of methoxy groups -OCH3 is 2. The van der Waals surface area contributed by atoms with Crippen molar-refractivity contribution in [2.45, 2.75) is 19.0 Å². The molecule has 0 radical (unpaired) electrons. The molecule has 0 fully saturated rings. The van der Waals surface area contributed by atoms with Crippen LogP contribution in [0.4, 0.5) is 10.5 Å². The molecule has 1 aromatic carbocycles. The quantitative estimate of drug-likeness (QED) is 0.772. The molecule has 1 aliphatic heterocycles. The number of fused-ring (bicyclic) bond motifs is 1. The number of aromatic amines is 1. The summed E-state index contributed by atoms with van der Waals surface area (Å²) >= 11 is 0. The Bertz CT molecular complexity index is 804. The van der Waals surface area contributed by atoms with Crippen molar-refractivity contribution in [3.8, 4) is 11.5 Å². The second-order valence-electron chi connectivity index (χ2n) is 5.51. The summed E-state index contributed by atoms with van der Waals surface area (Å²) in [6, 6.07) is 3.43. The summed E-state index contributed by atoms with van der Waals surface area (Å²) in [5, 5.41) is 12.1. The largest absolute Gasteiger partial charge is 0.493 e. The molecule has 0 spiro atoms. The van der Waals surface area contributed by atoms with Gasteiger partial charge in [-0.3, -0.25) is 0 Å². The van der Waals surface area contributed by atoms with Gasteiger partial charge in [0.1, 0.15) is 6.04 Å². The Morgan fingerprint density at radius 3 is 2.76 bits per heavy atom. The lowest BCUT2D eigenvalue weighted by molar-refractivity contribution is -0.142. The number of carboxylic acids is 1. The van der Waals surface area contributed by atoms with Gasteiger partial charge in [0.05, 0.1) is 38.5 Å². The SMILES string of the molecule is COc1ccc(NC(=O)N2Cc3[nH]cnc3CC2C(=O)O)cc1OC. The van der Waals surface area contributed by atoms with E-state index in [4.69, 9.17) is 9.47 Å². The van der Waals surface area contributed by atoms with Gasteiger partial charge in [0.25, 0.3) is 0 Å². The van der Waals surface area contributed by atoms with Crippen LogP contribution in [0.1, 0.15) is 11.4 Å². The number of benzene rings is 1. The van der Waals surface area contributed by atoms with Crippen molar-refractivity contribution in [3.63, 3.8) is 0 Å². The van der Waals surface area contributed by atoms with Crippen molar-refractivity contribution >= 4 is 17.7 Å². The van der Waals surface area contributed by atoms with Gasteiger partial charge in [0.15, 0.2) is 11.5 Å². The molecule has 2 aromatic rings. The van der Waals surface area contributed by atoms with Crippen LogP contribution in [0.2, 0.25) is 0 Å². The zero-order chi connectivity index (χ0) is 18.0. The van der Waals surface area contributed by atoms with E-state index in [1.165, 1.54) is 25.4 Å². The monoisotopic (exact) mass is 346 g/mol.